The summed E-state index contributed by atoms with van der Waals surface area (Å²) in [6.07, 6.45) is 14.5. The molecule has 4 heteroatoms. The van der Waals surface area contributed by atoms with E-state index < -0.39 is 11.6 Å². The molecule has 0 aromatic heterocycles. The van der Waals surface area contributed by atoms with Gasteiger partial charge in [-0.05, 0) is 56.6 Å². The van der Waals surface area contributed by atoms with Gasteiger partial charge in [0.2, 0.25) is 11.6 Å². The molecule has 1 aromatic carbocycles. The summed E-state index contributed by atoms with van der Waals surface area (Å²) in [5.74, 6) is -0.656. The topological polar surface area (TPSA) is 18.5 Å². The van der Waals surface area contributed by atoms with Crippen molar-refractivity contribution >= 4 is 0 Å². The molecule has 146 valence electrons. The average molecular weight is 366 g/mol. The zero-order valence-corrected chi connectivity index (χ0v) is 16.1. The molecule has 0 bridgehead atoms. The third kappa shape index (κ3) is 6.30. The Hall–Kier alpha value is -1.58. The fourth-order valence-corrected chi connectivity index (χ4v) is 3.63. The molecule has 1 aliphatic carbocycles. The van der Waals surface area contributed by atoms with Gasteiger partial charge in [0.05, 0.1) is 6.61 Å². The lowest BCUT2D eigenvalue weighted by molar-refractivity contribution is 0.286. The zero-order valence-electron chi connectivity index (χ0n) is 16.1. The summed E-state index contributed by atoms with van der Waals surface area (Å²) in [4.78, 5) is 0. The first-order valence-corrected chi connectivity index (χ1v) is 10.1. The number of benzene rings is 1. The maximum atomic E-state index is 13.9. The van der Waals surface area contributed by atoms with Gasteiger partial charge in [-0.2, -0.15) is 8.78 Å². The highest BCUT2D eigenvalue weighted by Crippen LogP contribution is 2.33. The molecule has 0 aliphatic heterocycles. The highest BCUT2D eigenvalue weighted by molar-refractivity contribution is 5.35. The largest absolute Gasteiger partial charge is 0.491 e. The lowest BCUT2D eigenvalue weighted by Crippen LogP contribution is -2.13. The van der Waals surface area contributed by atoms with Crippen LogP contribution in [0.5, 0.6) is 11.5 Å². The van der Waals surface area contributed by atoms with Gasteiger partial charge >= 0.3 is 0 Å². The van der Waals surface area contributed by atoms with Crippen LogP contribution in [0.2, 0.25) is 0 Å². The molecule has 1 aromatic rings. The molecular formula is C22H32F2O2. The minimum absolute atomic E-state index is 0.0739. The minimum Gasteiger partial charge on any atom is -0.491 e. The Morgan fingerprint density at radius 3 is 2.23 bits per heavy atom. The molecule has 0 saturated heterocycles. The SMILES string of the molecule is CCCCCC1CCC(/C=C/COc2ccc(OCC)c(F)c2F)CC1. The van der Waals surface area contributed by atoms with Crippen LogP contribution in [0, 0.1) is 23.5 Å². The third-order valence-corrected chi connectivity index (χ3v) is 5.16. The summed E-state index contributed by atoms with van der Waals surface area (Å²) in [6, 6.07) is 2.82. The summed E-state index contributed by atoms with van der Waals surface area (Å²) in [6.45, 7) is 4.52. The highest BCUT2D eigenvalue weighted by Gasteiger charge is 2.19. The Kier molecular flexibility index (Phi) is 8.93. The van der Waals surface area contributed by atoms with Gasteiger partial charge in [0.1, 0.15) is 6.61 Å². The molecule has 26 heavy (non-hydrogen) atoms. The number of hydrogen-bond donors (Lipinski definition) is 0. The van der Waals surface area contributed by atoms with E-state index in [0.29, 0.717) is 12.5 Å². The Balaban J connectivity index is 1.72. The van der Waals surface area contributed by atoms with Crippen molar-refractivity contribution in [3.8, 4) is 11.5 Å². The van der Waals surface area contributed by atoms with E-state index in [1.54, 1.807) is 6.92 Å². The first kappa shape index (κ1) is 20.7. The van der Waals surface area contributed by atoms with Gasteiger partial charge in [-0.1, -0.05) is 44.8 Å². The quantitative estimate of drug-likeness (QED) is 0.339. The van der Waals surface area contributed by atoms with Crippen LogP contribution < -0.4 is 9.47 Å². The summed E-state index contributed by atoms with van der Waals surface area (Å²) in [7, 11) is 0. The fourth-order valence-electron chi connectivity index (χ4n) is 3.63. The van der Waals surface area contributed by atoms with Crippen LogP contribution in [-0.4, -0.2) is 13.2 Å². The number of halogens is 2. The Morgan fingerprint density at radius 2 is 1.62 bits per heavy atom. The first-order chi connectivity index (χ1) is 12.7. The molecule has 1 fully saturated rings. The van der Waals surface area contributed by atoms with Crippen LogP contribution in [0.25, 0.3) is 0 Å². The Morgan fingerprint density at radius 1 is 0.962 bits per heavy atom. The van der Waals surface area contributed by atoms with E-state index in [-0.39, 0.29) is 18.1 Å². The first-order valence-electron chi connectivity index (χ1n) is 10.1. The van der Waals surface area contributed by atoms with E-state index >= 15 is 0 Å². The van der Waals surface area contributed by atoms with Crippen molar-refractivity contribution in [1.29, 1.82) is 0 Å². The molecular weight excluding hydrogens is 334 g/mol. The van der Waals surface area contributed by atoms with Crippen LogP contribution >= 0.6 is 0 Å². The van der Waals surface area contributed by atoms with Crippen LogP contribution in [-0.2, 0) is 0 Å². The van der Waals surface area contributed by atoms with Crippen molar-refractivity contribution in [2.24, 2.45) is 11.8 Å². The van der Waals surface area contributed by atoms with Crippen molar-refractivity contribution < 1.29 is 18.3 Å². The van der Waals surface area contributed by atoms with Gasteiger partial charge in [0.15, 0.2) is 11.5 Å². The monoisotopic (exact) mass is 366 g/mol. The highest BCUT2D eigenvalue weighted by atomic mass is 19.2. The number of rotatable bonds is 10. The van der Waals surface area contributed by atoms with Gasteiger partial charge < -0.3 is 9.47 Å². The molecule has 0 radical (unpaired) electrons. The van der Waals surface area contributed by atoms with E-state index in [0.717, 1.165) is 5.92 Å². The average Bonchev–Trinajstić information content (AvgIpc) is 2.65. The second-order valence-electron chi connectivity index (χ2n) is 7.14. The van der Waals surface area contributed by atoms with Crippen molar-refractivity contribution in [2.45, 2.75) is 65.2 Å². The lowest BCUT2D eigenvalue weighted by Gasteiger charge is -2.26. The standard InChI is InChI=1S/C22H32F2O2/c1-3-5-6-8-17-10-12-18(13-11-17)9-7-16-26-20-15-14-19(25-4-2)21(23)22(20)24/h7,9,14-15,17-18H,3-6,8,10-13,16H2,1-2H3/b9-7+. The van der Waals surface area contributed by atoms with Crippen LogP contribution in [0.15, 0.2) is 24.3 Å². The van der Waals surface area contributed by atoms with Gasteiger partial charge in [0, 0.05) is 0 Å². The molecule has 1 saturated carbocycles. The van der Waals surface area contributed by atoms with Crippen molar-refractivity contribution in [3.05, 3.63) is 35.9 Å². The molecule has 0 unspecified atom stereocenters. The number of unbranched alkanes of at least 4 members (excludes halogenated alkanes) is 2. The van der Waals surface area contributed by atoms with Crippen LogP contribution in [0.1, 0.15) is 65.2 Å². The summed E-state index contributed by atoms with van der Waals surface area (Å²) in [5, 5.41) is 0. The van der Waals surface area contributed by atoms with E-state index in [1.807, 2.05) is 6.08 Å². The van der Waals surface area contributed by atoms with E-state index in [2.05, 4.69) is 13.0 Å². The molecule has 2 nitrogen and oxygen atoms in total. The molecule has 0 heterocycles. The number of ether oxygens (including phenoxy) is 2. The number of hydrogen-bond acceptors (Lipinski definition) is 2. The van der Waals surface area contributed by atoms with Crippen molar-refractivity contribution in [3.63, 3.8) is 0 Å². The zero-order chi connectivity index (χ0) is 18.8. The van der Waals surface area contributed by atoms with E-state index in [4.69, 9.17) is 9.47 Å². The Bertz CT molecular complexity index is 564. The van der Waals surface area contributed by atoms with Gasteiger partial charge in [-0.3, -0.25) is 0 Å². The summed E-state index contributed by atoms with van der Waals surface area (Å²) >= 11 is 0. The Labute approximate surface area is 156 Å². The van der Waals surface area contributed by atoms with Gasteiger partial charge in [0.25, 0.3) is 0 Å². The second kappa shape index (κ2) is 11.2. The molecule has 1 aliphatic rings. The smallest absolute Gasteiger partial charge is 0.204 e. The maximum Gasteiger partial charge on any atom is 0.204 e. The van der Waals surface area contributed by atoms with Crippen LogP contribution in [0.3, 0.4) is 0 Å². The summed E-state index contributed by atoms with van der Waals surface area (Å²) in [5.41, 5.74) is 0. The normalized spacial score (nSPS) is 20.5. The molecule has 0 atom stereocenters. The number of allylic oxidation sites excluding steroid dienone is 1. The van der Waals surface area contributed by atoms with Crippen LogP contribution in [0.4, 0.5) is 8.78 Å². The minimum atomic E-state index is -0.991. The van der Waals surface area contributed by atoms with Crippen molar-refractivity contribution in [1.82, 2.24) is 0 Å². The maximum absolute atomic E-state index is 13.9. The molecule has 2 rings (SSSR count). The summed E-state index contributed by atoms with van der Waals surface area (Å²) < 4.78 is 38.1. The van der Waals surface area contributed by atoms with Gasteiger partial charge in [-0.25, -0.2) is 0 Å². The van der Waals surface area contributed by atoms with E-state index in [1.165, 1.54) is 63.5 Å². The molecule has 0 amide bonds. The predicted octanol–water partition coefficient (Wildman–Crippen LogP) is 6.69. The lowest BCUT2D eigenvalue weighted by atomic mass is 9.79. The molecule has 0 N–H and O–H groups in total. The van der Waals surface area contributed by atoms with Crippen molar-refractivity contribution in [2.75, 3.05) is 13.2 Å². The molecule has 0 spiro atoms. The predicted molar refractivity (Wildman–Crippen MR) is 102 cm³/mol. The second-order valence-corrected chi connectivity index (χ2v) is 7.14. The van der Waals surface area contributed by atoms with E-state index in [9.17, 15) is 8.78 Å². The fraction of sp³-hybridized carbons (Fsp3) is 0.636. The third-order valence-electron chi connectivity index (χ3n) is 5.16. The van der Waals surface area contributed by atoms with Gasteiger partial charge in [-0.15, -0.1) is 0 Å².